The van der Waals surface area contributed by atoms with Crippen molar-refractivity contribution in [2.75, 3.05) is 0 Å². The van der Waals surface area contributed by atoms with Crippen LogP contribution in [-0.2, 0) is 0 Å². The summed E-state index contributed by atoms with van der Waals surface area (Å²) in [6.07, 6.45) is 0. The van der Waals surface area contributed by atoms with Gasteiger partial charge in [-0.05, 0) is 47.9 Å². The molecule has 0 aliphatic rings. The molecule has 2 aromatic heterocycles. The fourth-order valence-corrected chi connectivity index (χ4v) is 3.33. The highest BCUT2D eigenvalue weighted by Crippen LogP contribution is 2.22. The molecule has 0 saturated carbocycles. The molecule has 0 fully saturated rings. The van der Waals surface area contributed by atoms with Gasteiger partial charge in [0.25, 0.3) is 0 Å². The van der Waals surface area contributed by atoms with Gasteiger partial charge in [-0.3, -0.25) is 0 Å². The topological polar surface area (TPSA) is 17.0 Å². The number of rotatable bonds is 0. The summed E-state index contributed by atoms with van der Waals surface area (Å²) in [4.78, 5) is 5.67. The molecule has 1 aromatic carbocycles. The van der Waals surface area contributed by atoms with Gasteiger partial charge < -0.3 is 0 Å². The van der Waals surface area contributed by atoms with Crippen LogP contribution in [0.4, 0.5) is 0 Å². The van der Waals surface area contributed by atoms with E-state index in [9.17, 15) is 0 Å². The van der Waals surface area contributed by atoms with Crippen molar-refractivity contribution in [2.24, 2.45) is 0 Å². The summed E-state index contributed by atoms with van der Waals surface area (Å²) in [5, 5.41) is 0. The number of aromatic nitrogens is 2. The van der Waals surface area contributed by atoms with Crippen LogP contribution in [0.3, 0.4) is 0 Å². The van der Waals surface area contributed by atoms with Crippen LogP contribution in [-0.4, -0.2) is 4.98 Å². The van der Waals surface area contributed by atoms with Crippen LogP contribution in [0.15, 0.2) is 24.3 Å². The van der Waals surface area contributed by atoms with E-state index in [-0.39, 0.29) is 0 Å². The third-order valence-corrected chi connectivity index (χ3v) is 3.79. The lowest BCUT2D eigenvalue weighted by Gasteiger charge is -1.94. The number of hydrogen-bond donors (Lipinski definition) is 0. The fourth-order valence-electron chi connectivity index (χ4n) is 2.10. The molecule has 16 heavy (non-hydrogen) atoms. The highest BCUT2D eigenvalue weighted by molar-refractivity contribution is 7.22. The van der Waals surface area contributed by atoms with Crippen LogP contribution >= 0.6 is 11.3 Å². The standard InChI is InChI=1S/C13H13N2S/c1-8-4-5-11-12(6-8)16-13-14-9(2)7-10(3)15(11)13/h4-7H,1-3H3/q+1. The lowest BCUT2D eigenvalue weighted by Crippen LogP contribution is -2.24. The number of nitrogens with zero attached hydrogens (tertiary/aromatic N) is 2. The van der Waals surface area contributed by atoms with E-state index in [1.54, 1.807) is 11.3 Å². The van der Waals surface area contributed by atoms with Gasteiger partial charge in [0.05, 0.1) is 4.70 Å². The smallest absolute Gasteiger partial charge is 0.183 e. The van der Waals surface area contributed by atoms with E-state index in [1.165, 1.54) is 21.5 Å². The van der Waals surface area contributed by atoms with Crippen LogP contribution in [0.1, 0.15) is 17.0 Å². The average Bonchev–Trinajstić information content (AvgIpc) is 2.54. The first-order valence-electron chi connectivity index (χ1n) is 5.34. The molecule has 0 aliphatic carbocycles. The molecule has 80 valence electrons. The molecule has 2 nitrogen and oxygen atoms in total. The second kappa shape index (κ2) is 3.25. The summed E-state index contributed by atoms with van der Waals surface area (Å²) < 4.78 is 3.54. The second-order valence-electron chi connectivity index (χ2n) is 4.23. The molecule has 0 atom stereocenters. The van der Waals surface area contributed by atoms with E-state index in [4.69, 9.17) is 0 Å². The molecule has 0 saturated heterocycles. The number of fused-ring (bicyclic) bond motifs is 3. The zero-order chi connectivity index (χ0) is 11.3. The molecular formula is C13H13N2S+. The van der Waals surface area contributed by atoms with Crippen molar-refractivity contribution in [1.29, 1.82) is 0 Å². The summed E-state index contributed by atoms with van der Waals surface area (Å²) >= 11 is 1.76. The summed E-state index contributed by atoms with van der Waals surface area (Å²) in [5.74, 6) is 0. The Balaban J connectivity index is 2.56. The molecule has 0 unspecified atom stereocenters. The minimum atomic E-state index is 1.08. The Kier molecular flexibility index (Phi) is 1.98. The molecule has 0 bridgehead atoms. The number of hydrogen-bond acceptors (Lipinski definition) is 2. The molecule has 3 rings (SSSR count). The van der Waals surface area contributed by atoms with Gasteiger partial charge in [0.1, 0.15) is 5.69 Å². The van der Waals surface area contributed by atoms with E-state index in [1.807, 2.05) is 6.92 Å². The maximum atomic E-state index is 4.58. The normalized spacial score (nSPS) is 11.4. The van der Waals surface area contributed by atoms with Crippen LogP contribution < -0.4 is 4.40 Å². The average molecular weight is 229 g/mol. The summed E-state index contributed by atoms with van der Waals surface area (Å²) in [5.41, 5.74) is 4.89. The van der Waals surface area contributed by atoms with Crippen molar-refractivity contribution in [2.45, 2.75) is 20.8 Å². The minimum Gasteiger partial charge on any atom is -0.183 e. The van der Waals surface area contributed by atoms with Gasteiger partial charge in [0.2, 0.25) is 0 Å². The van der Waals surface area contributed by atoms with Gasteiger partial charge in [-0.2, -0.15) is 4.40 Å². The molecule has 2 heterocycles. The Morgan fingerprint density at radius 1 is 1.12 bits per heavy atom. The van der Waals surface area contributed by atoms with Crippen LogP contribution in [0, 0.1) is 20.8 Å². The van der Waals surface area contributed by atoms with E-state index < -0.39 is 0 Å². The first-order chi connectivity index (χ1) is 7.65. The molecule has 0 N–H and O–H groups in total. The summed E-state index contributed by atoms with van der Waals surface area (Å²) in [6, 6.07) is 8.68. The molecule has 3 heteroatoms. The quantitative estimate of drug-likeness (QED) is 0.542. The van der Waals surface area contributed by atoms with Crippen molar-refractivity contribution in [3.63, 3.8) is 0 Å². The van der Waals surface area contributed by atoms with Crippen LogP contribution in [0.25, 0.3) is 15.2 Å². The van der Waals surface area contributed by atoms with Crippen molar-refractivity contribution < 1.29 is 4.40 Å². The lowest BCUT2D eigenvalue weighted by atomic mass is 10.2. The summed E-state index contributed by atoms with van der Waals surface area (Å²) in [6.45, 7) is 6.30. The largest absolute Gasteiger partial charge is 0.388 e. The third kappa shape index (κ3) is 1.32. The van der Waals surface area contributed by atoms with Gasteiger partial charge in [0.15, 0.2) is 11.2 Å². The second-order valence-corrected chi connectivity index (χ2v) is 5.24. The van der Waals surface area contributed by atoms with Crippen LogP contribution in [0.5, 0.6) is 0 Å². The van der Waals surface area contributed by atoms with Crippen molar-refractivity contribution in [3.8, 4) is 0 Å². The highest BCUT2D eigenvalue weighted by Gasteiger charge is 2.16. The zero-order valence-electron chi connectivity index (χ0n) is 9.61. The number of thiazole rings is 1. The Morgan fingerprint density at radius 2 is 1.94 bits per heavy atom. The molecule has 0 aliphatic heterocycles. The van der Waals surface area contributed by atoms with E-state index in [2.05, 4.69) is 47.5 Å². The zero-order valence-corrected chi connectivity index (χ0v) is 10.4. The fraction of sp³-hybridized carbons (Fsp3) is 0.231. The first kappa shape index (κ1) is 9.73. The Hall–Kier alpha value is -1.48. The highest BCUT2D eigenvalue weighted by atomic mass is 32.1. The predicted octanol–water partition coefficient (Wildman–Crippen LogP) is 2.96. The van der Waals surface area contributed by atoms with Crippen molar-refractivity contribution >= 4 is 26.5 Å². The van der Waals surface area contributed by atoms with E-state index >= 15 is 0 Å². The Labute approximate surface area is 98.2 Å². The van der Waals surface area contributed by atoms with Gasteiger partial charge in [0, 0.05) is 13.0 Å². The van der Waals surface area contributed by atoms with Crippen LogP contribution in [0.2, 0.25) is 0 Å². The first-order valence-corrected chi connectivity index (χ1v) is 6.16. The molecule has 3 aromatic rings. The van der Waals surface area contributed by atoms with Gasteiger partial charge in [-0.25, -0.2) is 0 Å². The van der Waals surface area contributed by atoms with E-state index in [0.717, 1.165) is 10.7 Å². The van der Waals surface area contributed by atoms with Gasteiger partial charge >= 0.3 is 4.96 Å². The molecule has 0 radical (unpaired) electrons. The predicted molar refractivity (Wildman–Crippen MR) is 67.0 cm³/mol. The maximum Gasteiger partial charge on any atom is 0.388 e. The Morgan fingerprint density at radius 3 is 2.75 bits per heavy atom. The maximum absolute atomic E-state index is 4.58. The lowest BCUT2D eigenvalue weighted by molar-refractivity contribution is -0.488. The molecular weight excluding hydrogens is 216 g/mol. The Bertz CT molecular complexity index is 698. The SMILES string of the molecule is Cc1ccc2c(c1)sc1nc(C)cc(C)[n+]12. The minimum absolute atomic E-state index is 1.08. The number of benzene rings is 1. The van der Waals surface area contributed by atoms with Gasteiger partial charge in [-0.1, -0.05) is 6.07 Å². The third-order valence-electron chi connectivity index (χ3n) is 2.79. The monoisotopic (exact) mass is 229 g/mol. The summed E-state index contributed by atoms with van der Waals surface area (Å²) in [7, 11) is 0. The van der Waals surface area contributed by atoms with Crippen molar-refractivity contribution in [3.05, 3.63) is 41.2 Å². The van der Waals surface area contributed by atoms with Gasteiger partial charge in [-0.15, -0.1) is 0 Å². The molecule has 0 spiro atoms. The van der Waals surface area contributed by atoms with Crippen molar-refractivity contribution in [1.82, 2.24) is 4.98 Å². The number of aryl methyl sites for hydroxylation is 3. The van der Waals surface area contributed by atoms with E-state index in [0.29, 0.717) is 0 Å². The molecule has 0 amide bonds.